The van der Waals surface area contributed by atoms with Crippen LogP contribution in [0.3, 0.4) is 0 Å². The van der Waals surface area contributed by atoms with Gasteiger partial charge in [0.05, 0.1) is 6.04 Å². The third-order valence-corrected chi connectivity index (χ3v) is 4.68. The lowest BCUT2D eigenvalue weighted by Gasteiger charge is -2.14. The zero-order valence-corrected chi connectivity index (χ0v) is 13.2. The highest BCUT2D eigenvalue weighted by molar-refractivity contribution is 7.99. The maximum atomic E-state index is 11.2. The van der Waals surface area contributed by atoms with E-state index in [0.717, 1.165) is 31.0 Å². The third kappa shape index (κ3) is 4.67. The standard InChI is InChI=1S/C13H23N5O2S/c1-2-8-14-11(12(19)20)7-9-21-13-15-16-17-18(13)10-5-3-4-6-10/h10-11,14H,2-9H2,1H3,(H,19,20). The van der Waals surface area contributed by atoms with E-state index >= 15 is 0 Å². The van der Waals surface area contributed by atoms with E-state index in [-0.39, 0.29) is 0 Å². The van der Waals surface area contributed by atoms with E-state index in [4.69, 9.17) is 5.11 Å². The number of nitrogens with zero attached hydrogens (tertiary/aromatic N) is 4. The normalized spacial score (nSPS) is 17.2. The van der Waals surface area contributed by atoms with Gasteiger partial charge in [-0.15, -0.1) is 5.10 Å². The first-order chi connectivity index (χ1) is 10.2. The number of aromatic nitrogens is 4. The molecule has 2 N–H and O–H groups in total. The van der Waals surface area contributed by atoms with E-state index in [9.17, 15) is 4.79 Å². The predicted octanol–water partition coefficient (Wildman–Crippen LogP) is 1.72. The van der Waals surface area contributed by atoms with Crippen molar-refractivity contribution >= 4 is 17.7 Å². The van der Waals surface area contributed by atoms with Gasteiger partial charge in [-0.3, -0.25) is 4.79 Å². The zero-order valence-electron chi connectivity index (χ0n) is 12.4. The fraction of sp³-hybridized carbons (Fsp3) is 0.846. The minimum absolute atomic E-state index is 0.413. The first-order valence-corrected chi connectivity index (χ1v) is 8.57. The van der Waals surface area contributed by atoms with Gasteiger partial charge in [-0.25, -0.2) is 4.68 Å². The van der Waals surface area contributed by atoms with Crippen molar-refractivity contribution in [3.63, 3.8) is 0 Å². The molecule has 2 rings (SSSR count). The Bertz CT molecular complexity index is 448. The number of carbonyl (C=O) groups is 1. The molecule has 1 saturated carbocycles. The summed E-state index contributed by atoms with van der Waals surface area (Å²) < 4.78 is 1.91. The van der Waals surface area contributed by atoms with E-state index in [2.05, 4.69) is 20.8 Å². The van der Waals surface area contributed by atoms with Gasteiger partial charge in [-0.2, -0.15) is 0 Å². The molecule has 0 bridgehead atoms. The first kappa shape index (κ1) is 16.2. The van der Waals surface area contributed by atoms with Crippen LogP contribution in [0.2, 0.25) is 0 Å². The number of aliphatic carboxylic acids is 1. The largest absolute Gasteiger partial charge is 0.480 e. The van der Waals surface area contributed by atoms with E-state index in [0.29, 0.717) is 18.2 Å². The van der Waals surface area contributed by atoms with Crippen LogP contribution in [0.25, 0.3) is 0 Å². The average Bonchev–Trinajstić information content (AvgIpc) is 3.12. The van der Waals surface area contributed by atoms with Gasteiger partial charge >= 0.3 is 5.97 Å². The van der Waals surface area contributed by atoms with Crippen LogP contribution in [0.15, 0.2) is 5.16 Å². The summed E-state index contributed by atoms with van der Waals surface area (Å²) in [4.78, 5) is 11.2. The third-order valence-electron chi connectivity index (χ3n) is 3.71. The molecule has 0 saturated heterocycles. The van der Waals surface area contributed by atoms with Crippen LogP contribution in [-0.2, 0) is 4.79 Å². The summed E-state index contributed by atoms with van der Waals surface area (Å²) in [6, 6.07) is -0.0794. The van der Waals surface area contributed by atoms with Crippen molar-refractivity contribution in [2.75, 3.05) is 12.3 Å². The number of tetrazole rings is 1. The van der Waals surface area contributed by atoms with E-state index in [1.54, 1.807) is 11.8 Å². The number of rotatable bonds is 9. The van der Waals surface area contributed by atoms with Gasteiger partial charge in [0.1, 0.15) is 6.04 Å². The van der Waals surface area contributed by atoms with Crippen LogP contribution in [0, 0.1) is 0 Å². The fourth-order valence-corrected chi connectivity index (χ4v) is 3.51. The minimum Gasteiger partial charge on any atom is -0.480 e. The minimum atomic E-state index is -0.792. The van der Waals surface area contributed by atoms with Crippen LogP contribution < -0.4 is 5.32 Å². The molecule has 0 spiro atoms. The smallest absolute Gasteiger partial charge is 0.320 e. The topological polar surface area (TPSA) is 92.9 Å². The summed E-state index contributed by atoms with van der Waals surface area (Å²) in [5, 5.41) is 24.9. The highest BCUT2D eigenvalue weighted by atomic mass is 32.2. The van der Waals surface area contributed by atoms with Crippen molar-refractivity contribution < 1.29 is 9.90 Å². The molecule has 1 aromatic rings. The number of carboxylic acid groups (broad SMARTS) is 1. The Balaban J connectivity index is 1.82. The Morgan fingerprint density at radius 2 is 2.29 bits per heavy atom. The first-order valence-electron chi connectivity index (χ1n) is 7.59. The highest BCUT2D eigenvalue weighted by Gasteiger charge is 2.22. The summed E-state index contributed by atoms with van der Waals surface area (Å²) in [7, 11) is 0. The quantitative estimate of drug-likeness (QED) is 0.670. The molecule has 1 unspecified atom stereocenters. The van der Waals surface area contributed by atoms with Gasteiger partial charge in [0.15, 0.2) is 0 Å². The Morgan fingerprint density at radius 3 is 2.95 bits per heavy atom. The molecule has 0 amide bonds. The summed E-state index contributed by atoms with van der Waals surface area (Å²) >= 11 is 1.54. The molecule has 1 heterocycles. The summed E-state index contributed by atoms with van der Waals surface area (Å²) in [6.45, 7) is 2.75. The van der Waals surface area contributed by atoms with E-state index in [1.165, 1.54) is 12.8 Å². The van der Waals surface area contributed by atoms with Crippen molar-refractivity contribution in [1.82, 2.24) is 25.5 Å². The second-order valence-corrected chi connectivity index (χ2v) is 6.39. The number of hydrogen-bond donors (Lipinski definition) is 2. The number of hydrogen-bond acceptors (Lipinski definition) is 6. The Hall–Kier alpha value is -1.15. The van der Waals surface area contributed by atoms with Crippen molar-refractivity contribution in [3.8, 4) is 0 Å². The van der Waals surface area contributed by atoms with Gasteiger partial charge in [0.25, 0.3) is 0 Å². The van der Waals surface area contributed by atoms with Crippen molar-refractivity contribution in [2.45, 2.75) is 62.7 Å². The molecule has 1 fully saturated rings. The fourth-order valence-electron chi connectivity index (χ4n) is 2.56. The summed E-state index contributed by atoms with van der Waals surface area (Å²) in [6.07, 6.45) is 6.23. The van der Waals surface area contributed by atoms with Crippen LogP contribution in [0.5, 0.6) is 0 Å². The lowest BCUT2D eigenvalue weighted by molar-refractivity contribution is -0.139. The zero-order chi connectivity index (χ0) is 15.1. The Morgan fingerprint density at radius 1 is 1.52 bits per heavy atom. The Kier molecular flexibility index (Phi) is 6.44. The molecular formula is C13H23N5O2S. The summed E-state index contributed by atoms with van der Waals surface area (Å²) in [5.74, 6) is -0.0970. The maximum Gasteiger partial charge on any atom is 0.320 e. The molecule has 1 aliphatic carbocycles. The summed E-state index contributed by atoms with van der Waals surface area (Å²) in [5.41, 5.74) is 0. The molecule has 0 radical (unpaired) electrons. The van der Waals surface area contributed by atoms with Gasteiger partial charge in [-0.1, -0.05) is 31.5 Å². The van der Waals surface area contributed by atoms with Gasteiger partial charge < -0.3 is 10.4 Å². The number of carboxylic acids is 1. The molecule has 7 nitrogen and oxygen atoms in total. The second-order valence-electron chi connectivity index (χ2n) is 5.33. The molecular weight excluding hydrogens is 290 g/mol. The monoisotopic (exact) mass is 313 g/mol. The SMILES string of the molecule is CCCNC(CCSc1nnnn1C1CCCC1)C(=O)O. The maximum absolute atomic E-state index is 11.2. The highest BCUT2D eigenvalue weighted by Crippen LogP contribution is 2.31. The lowest BCUT2D eigenvalue weighted by atomic mass is 10.2. The molecule has 0 aromatic carbocycles. The van der Waals surface area contributed by atoms with E-state index in [1.807, 2.05) is 11.6 Å². The molecule has 8 heteroatoms. The molecule has 1 aliphatic rings. The molecule has 118 valence electrons. The van der Waals surface area contributed by atoms with Crippen molar-refractivity contribution in [1.29, 1.82) is 0 Å². The molecule has 1 atom stereocenters. The molecule has 21 heavy (non-hydrogen) atoms. The second kappa shape index (κ2) is 8.33. The van der Waals surface area contributed by atoms with Crippen molar-refractivity contribution in [2.24, 2.45) is 0 Å². The van der Waals surface area contributed by atoms with Crippen LogP contribution in [0.4, 0.5) is 0 Å². The Labute approximate surface area is 128 Å². The molecule has 0 aliphatic heterocycles. The number of nitrogens with one attached hydrogen (secondary N) is 1. The van der Waals surface area contributed by atoms with Gasteiger partial charge in [0.2, 0.25) is 5.16 Å². The van der Waals surface area contributed by atoms with Gasteiger partial charge in [-0.05, 0) is 42.7 Å². The van der Waals surface area contributed by atoms with Crippen molar-refractivity contribution in [3.05, 3.63) is 0 Å². The molecule has 1 aromatic heterocycles. The van der Waals surface area contributed by atoms with Crippen LogP contribution in [-0.4, -0.2) is 49.6 Å². The van der Waals surface area contributed by atoms with E-state index < -0.39 is 12.0 Å². The van der Waals surface area contributed by atoms with Crippen LogP contribution >= 0.6 is 11.8 Å². The average molecular weight is 313 g/mol. The predicted molar refractivity (Wildman–Crippen MR) is 80.4 cm³/mol. The van der Waals surface area contributed by atoms with Crippen LogP contribution in [0.1, 0.15) is 51.5 Å². The lowest BCUT2D eigenvalue weighted by Crippen LogP contribution is -2.37. The van der Waals surface area contributed by atoms with Gasteiger partial charge in [0, 0.05) is 5.75 Å². The number of thioether (sulfide) groups is 1.